The first-order chi connectivity index (χ1) is 8.60. The highest BCUT2D eigenvalue weighted by Crippen LogP contribution is 2.23. The molecule has 0 aromatic carbocycles. The van der Waals surface area contributed by atoms with Crippen molar-refractivity contribution in [2.24, 2.45) is 5.84 Å². The van der Waals surface area contributed by atoms with E-state index in [0.29, 0.717) is 16.7 Å². The molecule has 0 aliphatic heterocycles. The molecule has 96 valence electrons. The molecule has 0 spiro atoms. The van der Waals surface area contributed by atoms with Crippen LogP contribution in [0.2, 0.25) is 0 Å². The quantitative estimate of drug-likeness (QED) is 0.269. The van der Waals surface area contributed by atoms with E-state index in [-0.39, 0.29) is 11.7 Å². The first kappa shape index (κ1) is 12.5. The minimum Gasteiger partial charge on any atom is -0.455 e. The first-order valence-corrected chi connectivity index (χ1v) is 5.99. The lowest BCUT2D eigenvalue weighted by Crippen LogP contribution is -2.30. The maximum Gasteiger partial charge on any atom is 0.301 e. The van der Waals surface area contributed by atoms with Gasteiger partial charge in [0.2, 0.25) is 11.1 Å². The zero-order valence-corrected chi connectivity index (χ0v) is 10.4. The molecule has 9 heteroatoms. The van der Waals surface area contributed by atoms with E-state index >= 15 is 0 Å². The molecule has 2 aromatic heterocycles. The Morgan fingerprint density at radius 2 is 2.44 bits per heavy atom. The number of hydrazine groups is 1. The third-order valence-electron chi connectivity index (χ3n) is 2.13. The number of hydrogen-bond acceptors (Lipinski definition) is 7. The second-order valence-electron chi connectivity index (χ2n) is 3.49. The minimum absolute atomic E-state index is 0.211. The summed E-state index contributed by atoms with van der Waals surface area (Å²) in [4.78, 5) is 15.3. The number of thioether (sulfide) groups is 1. The van der Waals surface area contributed by atoms with E-state index in [9.17, 15) is 4.79 Å². The molecule has 0 bridgehead atoms. The number of carbonyl (C=O) groups is 1. The van der Waals surface area contributed by atoms with Crippen molar-refractivity contribution in [1.29, 1.82) is 0 Å². The summed E-state index contributed by atoms with van der Waals surface area (Å²) in [7, 11) is 0. The number of hydrogen-bond donors (Lipinski definition) is 4. The molecule has 0 aliphatic rings. The Labute approximate surface area is 106 Å². The summed E-state index contributed by atoms with van der Waals surface area (Å²) >= 11 is 1.35. The third-order valence-corrected chi connectivity index (χ3v) is 3.00. The SMILES string of the molecule is Cc1cc(CSc2n[nH]c(N)n2)oc1C(=O)NN. The number of H-pyrrole nitrogens is 1. The van der Waals surface area contributed by atoms with Gasteiger partial charge in [-0.05, 0) is 13.0 Å². The topological polar surface area (TPSA) is 136 Å². The normalized spacial score (nSPS) is 10.6. The van der Waals surface area contributed by atoms with Gasteiger partial charge in [0.25, 0.3) is 0 Å². The highest BCUT2D eigenvalue weighted by molar-refractivity contribution is 7.98. The van der Waals surface area contributed by atoms with Gasteiger partial charge in [0.1, 0.15) is 5.76 Å². The highest BCUT2D eigenvalue weighted by Gasteiger charge is 2.15. The fourth-order valence-corrected chi connectivity index (χ4v) is 2.06. The molecule has 0 unspecified atom stereocenters. The summed E-state index contributed by atoms with van der Waals surface area (Å²) in [6, 6.07) is 1.77. The lowest BCUT2D eigenvalue weighted by atomic mass is 10.2. The Hall–Kier alpha value is -2.00. The number of nitrogens with one attached hydrogen (secondary N) is 2. The Bertz CT molecular complexity index is 563. The van der Waals surface area contributed by atoms with E-state index in [1.165, 1.54) is 11.8 Å². The van der Waals surface area contributed by atoms with Crippen LogP contribution >= 0.6 is 11.8 Å². The van der Waals surface area contributed by atoms with Gasteiger partial charge < -0.3 is 10.2 Å². The van der Waals surface area contributed by atoms with E-state index in [4.69, 9.17) is 16.0 Å². The largest absolute Gasteiger partial charge is 0.455 e. The average Bonchev–Trinajstić information content (AvgIpc) is 2.92. The van der Waals surface area contributed by atoms with Gasteiger partial charge in [-0.2, -0.15) is 4.98 Å². The van der Waals surface area contributed by atoms with Crippen molar-refractivity contribution in [3.63, 3.8) is 0 Å². The maximum absolute atomic E-state index is 11.3. The van der Waals surface area contributed by atoms with Crippen molar-refractivity contribution in [2.45, 2.75) is 17.8 Å². The van der Waals surface area contributed by atoms with Crippen LogP contribution in [0.15, 0.2) is 15.6 Å². The second-order valence-corrected chi connectivity index (χ2v) is 4.43. The van der Waals surface area contributed by atoms with Crippen LogP contribution in [-0.4, -0.2) is 21.1 Å². The molecular formula is C9H12N6O2S. The van der Waals surface area contributed by atoms with Crippen LogP contribution in [0.3, 0.4) is 0 Å². The average molecular weight is 268 g/mol. The third kappa shape index (κ3) is 2.63. The fourth-order valence-electron chi connectivity index (χ4n) is 1.37. The predicted molar refractivity (Wildman–Crippen MR) is 65.5 cm³/mol. The molecule has 0 atom stereocenters. The summed E-state index contributed by atoms with van der Waals surface area (Å²) in [5.41, 5.74) is 8.15. The summed E-state index contributed by atoms with van der Waals surface area (Å²) in [5, 5.41) is 6.93. The molecule has 0 aliphatic carbocycles. The van der Waals surface area contributed by atoms with Crippen LogP contribution in [0.25, 0.3) is 0 Å². The van der Waals surface area contributed by atoms with Gasteiger partial charge in [-0.15, -0.1) is 5.10 Å². The van der Waals surface area contributed by atoms with Gasteiger partial charge in [0, 0.05) is 5.56 Å². The van der Waals surface area contributed by atoms with Crippen LogP contribution in [-0.2, 0) is 5.75 Å². The molecule has 0 radical (unpaired) electrons. The van der Waals surface area contributed by atoms with Crippen molar-refractivity contribution in [3.8, 4) is 0 Å². The van der Waals surface area contributed by atoms with E-state index < -0.39 is 5.91 Å². The summed E-state index contributed by atoms with van der Waals surface area (Å²) in [5.74, 6) is 6.20. The van der Waals surface area contributed by atoms with Gasteiger partial charge in [0.05, 0.1) is 5.75 Å². The Morgan fingerprint density at radius 3 is 3.06 bits per heavy atom. The van der Waals surface area contributed by atoms with Gasteiger partial charge >= 0.3 is 5.91 Å². The molecule has 2 heterocycles. The maximum atomic E-state index is 11.3. The van der Waals surface area contributed by atoms with Crippen molar-refractivity contribution in [3.05, 3.63) is 23.2 Å². The number of aryl methyl sites for hydroxylation is 1. The standard InChI is InChI=1S/C9H12N6O2S/c1-4-2-5(17-6(4)7(16)13-11)3-18-9-12-8(10)14-15-9/h2H,3,11H2,1H3,(H,13,16)(H3,10,12,14,15). The molecule has 2 aromatic rings. The summed E-state index contributed by atoms with van der Waals surface area (Å²) < 4.78 is 5.39. The molecule has 0 fully saturated rings. The molecule has 8 nitrogen and oxygen atoms in total. The van der Waals surface area contributed by atoms with Crippen molar-refractivity contribution in [1.82, 2.24) is 20.6 Å². The Balaban J connectivity index is 2.04. The molecule has 6 N–H and O–H groups in total. The smallest absolute Gasteiger partial charge is 0.301 e. The van der Waals surface area contributed by atoms with Gasteiger partial charge in [-0.1, -0.05) is 11.8 Å². The molecule has 18 heavy (non-hydrogen) atoms. The number of nitrogens with two attached hydrogens (primary N) is 2. The van der Waals surface area contributed by atoms with E-state index in [2.05, 4.69) is 15.2 Å². The van der Waals surface area contributed by atoms with Crippen molar-refractivity contribution < 1.29 is 9.21 Å². The summed E-state index contributed by atoms with van der Waals surface area (Å²) in [6.07, 6.45) is 0. The predicted octanol–water partition coefficient (Wildman–Crippen LogP) is 0.184. The first-order valence-electron chi connectivity index (χ1n) is 5.01. The highest BCUT2D eigenvalue weighted by atomic mass is 32.2. The Morgan fingerprint density at radius 1 is 1.67 bits per heavy atom. The lowest BCUT2D eigenvalue weighted by molar-refractivity contribution is 0.0923. The van der Waals surface area contributed by atoms with Crippen LogP contribution in [0.4, 0.5) is 5.95 Å². The number of carbonyl (C=O) groups excluding carboxylic acids is 1. The summed E-state index contributed by atoms with van der Waals surface area (Å²) in [6.45, 7) is 1.77. The van der Waals surface area contributed by atoms with E-state index in [1.807, 2.05) is 5.43 Å². The minimum atomic E-state index is -0.453. The zero-order valence-electron chi connectivity index (χ0n) is 9.56. The number of aromatic nitrogens is 3. The zero-order chi connectivity index (χ0) is 13.1. The molecule has 1 amide bonds. The number of nitrogens with zero attached hydrogens (tertiary/aromatic N) is 2. The second kappa shape index (κ2) is 5.10. The number of rotatable bonds is 4. The van der Waals surface area contributed by atoms with Crippen LogP contribution in [0, 0.1) is 6.92 Å². The van der Waals surface area contributed by atoms with Crippen molar-refractivity contribution >= 4 is 23.6 Å². The molecule has 0 saturated carbocycles. The molecule has 2 rings (SSSR count). The van der Waals surface area contributed by atoms with E-state index in [1.54, 1.807) is 13.0 Å². The number of aromatic amines is 1. The van der Waals surface area contributed by atoms with Crippen LogP contribution < -0.4 is 17.0 Å². The number of furan rings is 1. The number of amides is 1. The van der Waals surface area contributed by atoms with Gasteiger partial charge in [-0.3, -0.25) is 10.2 Å². The monoisotopic (exact) mass is 268 g/mol. The molecular weight excluding hydrogens is 256 g/mol. The number of nitrogen functional groups attached to an aromatic ring is 2. The number of anilines is 1. The van der Waals surface area contributed by atoms with Crippen LogP contribution in [0.1, 0.15) is 21.9 Å². The lowest BCUT2D eigenvalue weighted by Gasteiger charge is -1.95. The van der Waals surface area contributed by atoms with Gasteiger partial charge in [-0.25, -0.2) is 10.9 Å². The fraction of sp³-hybridized carbons (Fsp3) is 0.222. The van der Waals surface area contributed by atoms with Crippen LogP contribution in [0.5, 0.6) is 0 Å². The molecule has 0 saturated heterocycles. The van der Waals surface area contributed by atoms with Crippen molar-refractivity contribution in [2.75, 3.05) is 5.73 Å². The van der Waals surface area contributed by atoms with E-state index in [0.717, 1.165) is 5.56 Å². The van der Waals surface area contributed by atoms with Gasteiger partial charge in [0.15, 0.2) is 5.76 Å². The Kier molecular flexibility index (Phi) is 3.53.